The molecule has 2 aromatic rings. The SMILES string of the molecule is Cc1nccnc1/C=C(/C=C/C(C)(C)C)c1ccccc1. The van der Waals surface area contributed by atoms with E-state index in [1.165, 1.54) is 5.56 Å². The molecule has 0 saturated carbocycles. The average molecular weight is 278 g/mol. The highest BCUT2D eigenvalue weighted by Crippen LogP contribution is 2.23. The van der Waals surface area contributed by atoms with Gasteiger partial charge in [-0.05, 0) is 29.6 Å². The molecule has 0 fully saturated rings. The number of hydrogen-bond acceptors (Lipinski definition) is 2. The molecule has 0 saturated heterocycles. The monoisotopic (exact) mass is 278 g/mol. The van der Waals surface area contributed by atoms with Gasteiger partial charge in [-0.3, -0.25) is 9.97 Å². The van der Waals surface area contributed by atoms with Gasteiger partial charge in [-0.15, -0.1) is 0 Å². The van der Waals surface area contributed by atoms with Crippen molar-refractivity contribution >= 4 is 11.6 Å². The minimum atomic E-state index is 0.144. The molecular weight excluding hydrogens is 256 g/mol. The third-order valence-corrected chi connectivity index (χ3v) is 3.08. The van der Waals surface area contributed by atoms with Crippen molar-refractivity contribution in [2.45, 2.75) is 27.7 Å². The van der Waals surface area contributed by atoms with Crippen LogP contribution in [0.1, 0.15) is 37.7 Å². The zero-order valence-electron chi connectivity index (χ0n) is 13.2. The first-order valence-corrected chi connectivity index (χ1v) is 7.20. The minimum absolute atomic E-state index is 0.144. The van der Waals surface area contributed by atoms with E-state index in [1.54, 1.807) is 12.4 Å². The Morgan fingerprint density at radius 2 is 1.67 bits per heavy atom. The second-order valence-electron chi connectivity index (χ2n) is 6.19. The lowest BCUT2D eigenvalue weighted by Gasteiger charge is -2.12. The lowest BCUT2D eigenvalue weighted by atomic mass is 9.93. The van der Waals surface area contributed by atoms with E-state index in [0.717, 1.165) is 17.0 Å². The topological polar surface area (TPSA) is 25.8 Å². The second-order valence-corrected chi connectivity index (χ2v) is 6.19. The number of aromatic nitrogens is 2. The maximum absolute atomic E-state index is 4.42. The van der Waals surface area contributed by atoms with Crippen LogP contribution >= 0.6 is 0 Å². The summed E-state index contributed by atoms with van der Waals surface area (Å²) in [7, 11) is 0. The van der Waals surface area contributed by atoms with Gasteiger partial charge in [0, 0.05) is 12.4 Å². The Hall–Kier alpha value is -2.22. The highest BCUT2D eigenvalue weighted by molar-refractivity contribution is 5.87. The number of benzene rings is 1. The van der Waals surface area contributed by atoms with E-state index >= 15 is 0 Å². The van der Waals surface area contributed by atoms with Gasteiger partial charge < -0.3 is 0 Å². The molecule has 0 aliphatic heterocycles. The smallest absolute Gasteiger partial charge is 0.0848 e. The molecule has 0 spiro atoms. The van der Waals surface area contributed by atoms with Crippen LogP contribution in [0.4, 0.5) is 0 Å². The van der Waals surface area contributed by atoms with Crippen molar-refractivity contribution in [1.82, 2.24) is 9.97 Å². The summed E-state index contributed by atoms with van der Waals surface area (Å²) in [4.78, 5) is 8.72. The molecule has 0 aliphatic rings. The first-order chi connectivity index (χ1) is 9.96. The molecule has 1 aromatic carbocycles. The van der Waals surface area contributed by atoms with Crippen LogP contribution in [0.25, 0.3) is 11.6 Å². The minimum Gasteiger partial charge on any atom is -0.258 e. The predicted molar refractivity (Wildman–Crippen MR) is 89.7 cm³/mol. The Labute approximate surface area is 127 Å². The summed E-state index contributed by atoms with van der Waals surface area (Å²) in [6, 6.07) is 10.4. The highest BCUT2D eigenvalue weighted by atomic mass is 14.8. The van der Waals surface area contributed by atoms with Crippen LogP contribution in [0.5, 0.6) is 0 Å². The van der Waals surface area contributed by atoms with E-state index in [4.69, 9.17) is 0 Å². The van der Waals surface area contributed by atoms with Crippen LogP contribution in [0.15, 0.2) is 54.9 Å². The number of nitrogens with zero attached hydrogens (tertiary/aromatic N) is 2. The lowest BCUT2D eigenvalue weighted by molar-refractivity contribution is 0.544. The molecule has 108 valence electrons. The van der Waals surface area contributed by atoms with Crippen molar-refractivity contribution in [3.05, 3.63) is 71.8 Å². The summed E-state index contributed by atoms with van der Waals surface area (Å²) >= 11 is 0. The number of aryl methyl sites for hydroxylation is 1. The largest absolute Gasteiger partial charge is 0.258 e. The molecule has 0 atom stereocenters. The van der Waals surface area contributed by atoms with Crippen LogP contribution in [0.2, 0.25) is 0 Å². The standard InChI is InChI=1S/C19H22N2/c1-15-18(21-13-12-20-15)14-17(10-11-19(2,3)4)16-8-6-5-7-9-16/h5-14H,1-4H3/b11-10+,17-14-. The van der Waals surface area contributed by atoms with E-state index in [-0.39, 0.29) is 5.41 Å². The van der Waals surface area contributed by atoms with Gasteiger partial charge in [0.05, 0.1) is 11.4 Å². The fraction of sp³-hybridized carbons (Fsp3) is 0.263. The quantitative estimate of drug-likeness (QED) is 0.744. The maximum atomic E-state index is 4.42. The normalized spacial score (nSPS) is 12.9. The van der Waals surface area contributed by atoms with Gasteiger partial charge in [0.25, 0.3) is 0 Å². The summed E-state index contributed by atoms with van der Waals surface area (Å²) in [6.45, 7) is 8.56. The summed E-state index contributed by atoms with van der Waals surface area (Å²) in [5.74, 6) is 0. The summed E-state index contributed by atoms with van der Waals surface area (Å²) in [5, 5.41) is 0. The first-order valence-electron chi connectivity index (χ1n) is 7.20. The van der Waals surface area contributed by atoms with Crippen molar-refractivity contribution in [2.75, 3.05) is 0 Å². The molecule has 0 amide bonds. The Balaban J connectivity index is 2.46. The third-order valence-electron chi connectivity index (χ3n) is 3.08. The molecule has 0 unspecified atom stereocenters. The van der Waals surface area contributed by atoms with E-state index in [9.17, 15) is 0 Å². The average Bonchev–Trinajstić information content (AvgIpc) is 2.45. The number of hydrogen-bond donors (Lipinski definition) is 0. The Bertz CT molecular complexity index is 647. The lowest BCUT2D eigenvalue weighted by Crippen LogP contribution is -1.98. The molecule has 2 nitrogen and oxygen atoms in total. The molecule has 1 aromatic heterocycles. The van der Waals surface area contributed by atoms with Gasteiger partial charge in [-0.1, -0.05) is 63.3 Å². The first kappa shape index (κ1) is 15.2. The summed E-state index contributed by atoms with van der Waals surface area (Å²) in [5.41, 5.74) is 4.33. The van der Waals surface area contributed by atoms with Gasteiger partial charge in [0.1, 0.15) is 0 Å². The molecule has 0 radical (unpaired) electrons. The van der Waals surface area contributed by atoms with Gasteiger partial charge in [-0.2, -0.15) is 0 Å². The van der Waals surface area contributed by atoms with Gasteiger partial charge in [0.15, 0.2) is 0 Å². The molecule has 0 aliphatic carbocycles. The predicted octanol–water partition coefficient (Wildman–Crippen LogP) is 4.93. The van der Waals surface area contributed by atoms with Crippen molar-refractivity contribution in [3.63, 3.8) is 0 Å². The van der Waals surface area contributed by atoms with Crippen LogP contribution in [-0.4, -0.2) is 9.97 Å². The molecule has 2 rings (SSSR count). The van der Waals surface area contributed by atoms with Crippen molar-refractivity contribution in [3.8, 4) is 0 Å². The number of rotatable bonds is 3. The van der Waals surface area contributed by atoms with Crippen LogP contribution in [0, 0.1) is 12.3 Å². The molecular formula is C19H22N2. The van der Waals surface area contributed by atoms with Crippen molar-refractivity contribution in [1.29, 1.82) is 0 Å². The molecule has 0 N–H and O–H groups in total. The zero-order valence-corrected chi connectivity index (χ0v) is 13.2. The van der Waals surface area contributed by atoms with E-state index < -0.39 is 0 Å². The van der Waals surface area contributed by atoms with E-state index in [2.05, 4.69) is 73.2 Å². The second kappa shape index (κ2) is 6.49. The Morgan fingerprint density at radius 3 is 2.29 bits per heavy atom. The maximum Gasteiger partial charge on any atom is 0.0848 e. The van der Waals surface area contributed by atoms with Crippen LogP contribution < -0.4 is 0 Å². The van der Waals surface area contributed by atoms with Crippen LogP contribution in [-0.2, 0) is 0 Å². The Morgan fingerprint density at radius 1 is 1.00 bits per heavy atom. The van der Waals surface area contributed by atoms with E-state index in [1.807, 2.05) is 13.0 Å². The highest BCUT2D eigenvalue weighted by Gasteiger charge is 2.06. The fourth-order valence-corrected chi connectivity index (χ4v) is 1.91. The van der Waals surface area contributed by atoms with E-state index in [0.29, 0.717) is 0 Å². The molecule has 1 heterocycles. The van der Waals surface area contributed by atoms with Crippen LogP contribution in [0.3, 0.4) is 0 Å². The fourth-order valence-electron chi connectivity index (χ4n) is 1.91. The molecule has 21 heavy (non-hydrogen) atoms. The van der Waals surface area contributed by atoms with Gasteiger partial charge in [0.2, 0.25) is 0 Å². The third kappa shape index (κ3) is 4.67. The van der Waals surface area contributed by atoms with Crippen molar-refractivity contribution < 1.29 is 0 Å². The molecule has 2 heteroatoms. The van der Waals surface area contributed by atoms with Gasteiger partial charge >= 0.3 is 0 Å². The van der Waals surface area contributed by atoms with Crippen molar-refractivity contribution in [2.24, 2.45) is 5.41 Å². The zero-order chi connectivity index (χ0) is 15.3. The summed E-state index contributed by atoms with van der Waals surface area (Å²) in [6.07, 6.45) is 9.94. The summed E-state index contributed by atoms with van der Waals surface area (Å²) < 4.78 is 0. The Kier molecular flexibility index (Phi) is 4.69. The number of allylic oxidation sites excluding steroid dienone is 3. The van der Waals surface area contributed by atoms with Gasteiger partial charge in [-0.25, -0.2) is 0 Å². The molecule has 0 bridgehead atoms.